The number of nitrogens with zero attached hydrogens (tertiary/aromatic N) is 1. The van der Waals surface area contributed by atoms with Crippen molar-refractivity contribution in [2.75, 3.05) is 13.1 Å². The van der Waals surface area contributed by atoms with Crippen LogP contribution < -0.4 is 5.32 Å². The maximum Gasteiger partial charge on any atom is 0.318 e. The van der Waals surface area contributed by atoms with Crippen LogP contribution in [0.4, 0.5) is 4.79 Å². The van der Waals surface area contributed by atoms with Gasteiger partial charge in [0.1, 0.15) is 0 Å². The van der Waals surface area contributed by atoms with Gasteiger partial charge in [-0.3, -0.25) is 0 Å². The third-order valence-electron chi connectivity index (χ3n) is 3.62. The Kier molecular flexibility index (Phi) is 2.66. The first-order valence-electron chi connectivity index (χ1n) is 5.84. The van der Waals surface area contributed by atoms with Crippen molar-refractivity contribution in [1.29, 1.82) is 0 Å². The van der Waals surface area contributed by atoms with E-state index in [0.29, 0.717) is 0 Å². The maximum atomic E-state index is 11.7. The Hall–Kier alpha value is -0.730. The van der Waals surface area contributed by atoms with Crippen molar-refractivity contribution in [3.05, 3.63) is 0 Å². The molecule has 0 aromatic heterocycles. The van der Waals surface area contributed by atoms with E-state index >= 15 is 0 Å². The monoisotopic (exact) mass is 196 g/mol. The average molecular weight is 196 g/mol. The van der Waals surface area contributed by atoms with Crippen LogP contribution in [0.1, 0.15) is 45.4 Å². The van der Waals surface area contributed by atoms with Gasteiger partial charge in [0.25, 0.3) is 0 Å². The van der Waals surface area contributed by atoms with Crippen molar-refractivity contribution >= 4 is 6.03 Å². The Morgan fingerprint density at radius 3 is 2.71 bits per heavy atom. The van der Waals surface area contributed by atoms with Crippen LogP contribution >= 0.6 is 0 Å². The molecule has 3 heteroatoms. The summed E-state index contributed by atoms with van der Waals surface area (Å²) < 4.78 is 0. The van der Waals surface area contributed by atoms with Crippen LogP contribution in [0.3, 0.4) is 0 Å². The smallest absolute Gasteiger partial charge is 0.318 e. The second kappa shape index (κ2) is 3.79. The van der Waals surface area contributed by atoms with Crippen LogP contribution in [0.15, 0.2) is 0 Å². The minimum absolute atomic E-state index is 0.161. The van der Waals surface area contributed by atoms with E-state index in [9.17, 15) is 4.79 Å². The lowest BCUT2D eigenvalue weighted by molar-refractivity contribution is 0.119. The van der Waals surface area contributed by atoms with Crippen molar-refractivity contribution in [3.8, 4) is 0 Å². The Balaban J connectivity index is 2.11. The molecule has 1 aliphatic carbocycles. The molecule has 0 unspecified atom stereocenters. The molecule has 3 nitrogen and oxygen atoms in total. The van der Waals surface area contributed by atoms with E-state index in [0.717, 1.165) is 19.5 Å². The number of hydrogen-bond acceptors (Lipinski definition) is 1. The molecule has 80 valence electrons. The van der Waals surface area contributed by atoms with Gasteiger partial charge in [-0.15, -0.1) is 0 Å². The summed E-state index contributed by atoms with van der Waals surface area (Å²) in [5, 5.41) is 3.00. The number of carbonyl (C=O) groups excluding carboxylic acids is 1. The van der Waals surface area contributed by atoms with E-state index in [2.05, 4.69) is 17.1 Å². The van der Waals surface area contributed by atoms with Crippen LogP contribution in [-0.4, -0.2) is 29.6 Å². The van der Waals surface area contributed by atoms with Gasteiger partial charge in [0, 0.05) is 13.1 Å². The van der Waals surface area contributed by atoms with Crippen LogP contribution in [0.25, 0.3) is 0 Å². The van der Waals surface area contributed by atoms with Crippen LogP contribution in [0.2, 0.25) is 0 Å². The average Bonchev–Trinajstić information content (AvgIpc) is 2.49. The molecule has 1 N–H and O–H groups in total. The minimum atomic E-state index is 0.161. The lowest BCUT2D eigenvalue weighted by atomic mass is 9.81. The number of urea groups is 1. The maximum absolute atomic E-state index is 11.7. The van der Waals surface area contributed by atoms with Crippen LogP contribution in [0, 0.1) is 0 Å². The third kappa shape index (κ3) is 1.49. The first kappa shape index (κ1) is 9.81. The third-order valence-corrected chi connectivity index (χ3v) is 3.62. The highest BCUT2D eigenvalue weighted by Crippen LogP contribution is 2.36. The van der Waals surface area contributed by atoms with Gasteiger partial charge >= 0.3 is 6.03 Å². The molecular formula is C11H20N2O. The normalized spacial score (nSPS) is 25.5. The van der Waals surface area contributed by atoms with Gasteiger partial charge in [0.05, 0.1) is 5.54 Å². The SMILES string of the molecule is CCCN1C(=O)NCC12CCCCC2. The molecule has 1 heterocycles. The zero-order valence-electron chi connectivity index (χ0n) is 9.01. The Bertz CT molecular complexity index is 221. The number of carbonyl (C=O) groups is 1. The van der Waals surface area contributed by atoms with E-state index in [1.165, 1.54) is 32.1 Å². The molecule has 0 bridgehead atoms. The van der Waals surface area contributed by atoms with Gasteiger partial charge in [0.2, 0.25) is 0 Å². The van der Waals surface area contributed by atoms with Gasteiger partial charge < -0.3 is 10.2 Å². The number of nitrogens with one attached hydrogen (secondary N) is 1. The van der Waals surface area contributed by atoms with Crippen molar-refractivity contribution in [2.45, 2.75) is 51.0 Å². The zero-order valence-corrected chi connectivity index (χ0v) is 9.01. The molecule has 2 aliphatic rings. The van der Waals surface area contributed by atoms with Gasteiger partial charge in [-0.2, -0.15) is 0 Å². The standard InChI is InChI=1S/C11H20N2O/c1-2-8-13-10(14)12-9-11(13)6-4-3-5-7-11/h2-9H2,1H3,(H,12,14). The minimum Gasteiger partial charge on any atom is -0.336 e. The van der Waals surface area contributed by atoms with Crippen molar-refractivity contribution in [3.63, 3.8) is 0 Å². The highest BCUT2D eigenvalue weighted by Gasteiger charge is 2.44. The van der Waals surface area contributed by atoms with Crippen LogP contribution in [0.5, 0.6) is 0 Å². The van der Waals surface area contributed by atoms with E-state index in [4.69, 9.17) is 0 Å². The van der Waals surface area contributed by atoms with Gasteiger partial charge in [-0.05, 0) is 19.3 Å². The second-order valence-electron chi connectivity index (χ2n) is 4.60. The number of amides is 2. The predicted molar refractivity (Wildman–Crippen MR) is 56.2 cm³/mol. The topological polar surface area (TPSA) is 32.3 Å². The van der Waals surface area contributed by atoms with Gasteiger partial charge in [-0.1, -0.05) is 26.2 Å². The molecule has 2 rings (SSSR count). The summed E-state index contributed by atoms with van der Waals surface area (Å²) in [6, 6.07) is 0.161. The molecule has 1 saturated heterocycles. The molecule has 14 heavy (non-hydrogen) atoms. The van der Waals surface area contributed by atoms with Crippen molar-refractivity contribution < 1.29 is 4.79 Å². The predicted octanol–water partition coefficient (Wildman–Crippen LogP) is 2.12. The van der Waals surface area contributed by atoms with E-state index < -0.39 is 0 Å². The first-order chi connectivity index (χ1) is 6.78. The number of rotatable bonds is 2. The Morgan fingerprint density at radius 2 is 2.07 bits per heavy atom. The van der Waals surface area contributed by atoms with E-state index in [1.807, 2.05) is 0 Å². The highest BCUT2D eigenvalue weighted by molar-refractivity contribution is 5.77. The molecule has 0 aromatic rings. The second-order valence-corrected chi connectivity index (χ2v) is 4.60. The summed E-state index contributed by atoms with van der Waals surface area (Å²) in [4.78, 5) is 13.7. The molecule has 1 aliphatic heterocycles. The van der Waals surface area contributed by atoms with Crippen molar-refractivity contribution in [2.24, 2.45) is 0 Å². The first-order valence-corrected chi connectivity index (χ1v) is 5.84. The lowest BCUT2D eigenvalue weighted by Gasteiger charge is -2.40. The summed E-state index contributed by atoms with van der Waals surface area (Å²) in [5.41, 5.74) is 0.186. The summed E-state index contributed by atoms with van der Waals surface area (Å²) in [7, 11) is 0. The Morgan fingerprint density at radius 1 is 1.36 bits per heavy atom. The van der Waals surface area contributed by atoms with Gasteiger partial charge in [-0.25, -0.2) is 4.79 Å². The lowest BCUT2D eigenvalue weighted by Crippen LogP contribution is -2.48. The molecule has 0 aromatic carbocycles. The Labute approximate surface area is 85.8 Å². The molecule has 0 radical (unpaired) electrons. The quantitative estimate of drug-likeness (QED) is 0.721. The van der Waals surface area contributed by atoms with Gasteiger partial charge in [0.15, 0.2) is 0 Å². The summed E-state index contributed by atoms with van der Waals surface area (Å²) >= 11 is 0. The number of hydrogen-bond donors (Lipinski definition) is 1. The van der Waals surface area contributed by atoms with E-state index in [-0.39, 0.29) is 11.6 Å². The largest absolute Gasteiger partial charge is 0.336 e. The zero-order chi connectivity index (χ0) is 10.0. The summed E-state index contributed by atoms with van der Waals surface area (Å²) in [6.45, 7) is 3.94. The van der Waals surface area contributed by atoms with Crippen molar-refractivity contribution in [1.82, 2.24) is 10.2 Å². The van der Waals surface area contributed by atoms with Crippen LogP contribution in [-0.2, 0) is 0 Å². The fourth-order valence-electron chi connectivity index (χ4n) is 2.87. The fourth-order valence-corrected chi connectivity index (χ4v) is 2.87. The molecule has 2 amide bonds. The molecule has 1 saturated carbocycles. The summed E-state index contributed by atoms with van der Waals surface area (Å²) in [6.07, 6.45) is 7.38. The highest BCUT2D eigenvalue weighted by atomic mass is 16.2. The molecule has 0 atom stereocenters. The molecular weight excluding hydrogens is 176 g/mol. The van der Waals surface area contributed by atoms with E-state index in [1.54, 1.807) is 0 Å². The molecule has 2 fully saturated rings. The summed E-state index contributed by atoms with van der Waals surface area (Å²) in [5.74, 6) is 0. The fraction of sp³-hybridized carbons (Fsp3) is 0.909. The molecule has 1 spiro atoms.